The van der Waals surface area contributed by atoms with Gasteiger partial charge in [0.2, 0.25) is 0 Å². The number of rotatable bonds is 5. The molecule has 0 saturated carbocycles. The van der Waals surface area contributed by atoms with E-state index in [1.54, 1.807) is 0 Å². The summed E-state index contributed by atoms with van der Waals surface area (Å²) in [5.74, 6) is 0.0658. The molecule has 0 N–H and O–H groups in total. The summed E-state index contributed by atoms with van der Waals surface area (Å²) in [5.41, 5.74) is 6.65. The van der Waals surface area contributed by atoms with E-state index < -0.39 is 0 Å². The first kappa shape index (κ1) is 22.3. The highest BCUT2D eigenvalue weighted by Gasteiger charge is 2.25. The fourth-order valence-corrected chi connectivity index (χ4v) is 4.64. The van der Waals surface area contributed by atoms with Crippen LogP contribution in [0, 0.1) is 13.8 Å². The molecule has 0 aliphatic carbocycles. The summed E-state index contributed by atoms with van der Waals surface area (Å²) in [6.07, 6.45) is 3.96. The van der Waals surface area contributed by atoms with Gasteiger partial charge in [-0.05, 0) is 32.9 Å². The number of carbonyl (C=O) groups is 1. The summed E-state index contributed by atoms with van der Waals surface area (Å²) in [4.78, 5) is 22.9. The van der Waals surface area contributed by atoms with Gasteiger partial charge >= 0.3 is 0 Å². The standard InChI is InChI=1S/C26H31N7O/c1-5-33-17-20(18(2)29-33)16-31-10-12-32(13-11-31)26(34)22-14-25(23-15-27-30(4)19(23)3)28-24-9-7-6-8-21(22)24/h6-9,14-15,17H,5,10-13,16H2,1-4H3. The fraction of sp³-hybridized carbons (Fsp3) is 0.385. The quantitative estimate of drug-likeness (QED) is 0.459. The van der Waals surface area contributed by atoms with Crippen LogP contribution in [0.1, 0.15) is 34.2 Å². The minimum atomic E-state index is 0.0658. The number of amides is 1. The molecule has 34 heavy (non-hydrogen) atoms. The lowest BCUT2D eigenvalue weighted by atomic mass is 10.0. The van der Waals surface area contributed by atoms with Crippen LogP contribution in [-0.2, 0) is 20.1 Å². The number of hydrogen-bond donors (Lipinski definition) is 0. The molecule has 0 atom stereocenters. The molecular weight excluding hydrogens is 426 g/mol. The zero-order valence-electron chi connectivity index (χ0n) is 20.3. The number of fused-ring (bicyclic) bond motifs is 1. The first-order chi connectivity index (χ1) is 16.4. The second-order valence-electron chi connectivity index (χ2n) is 9.00. The largest absolute Gasteiger partial charge is 0.336 e. The highest BCUT2D eigenvalue weighted by Crippen LogP contribution is 2.28. The summed E-state index contributed by atoms with van der Waals surface area (Å²) in [7, 11) is 1.92. The van der Waals surface area contributed by atoms with Gasteiger partial charge < -0.3 is 4.90 Å². The lowest BCUT2D eigenvalue weighted by Gasteiger charge is -2.35. The van der Waals surface area contributed by atoms with Crippen molar-refractivity contribution < 1.29 is 4.79 Å². The molecule has 0 unspecified atom stereocenters. The number of aromatic nitrogens is 5. The maximum absolute atomic E-state index is 13.7. The second-order valence-corrected chi connectivity index (χ2v) is 9.00. The third-order valence-electron chi connectivity index (χ3n) is 6.88. The van der Waals surface area contributed by atoms with Crippen LogP contribution < -0.4 is 0 Å². The number of piperazine rings is 1. The van der Waals surface area contributed by atoms with Crippen LogP contribution in [0.2, 0.25) is 0 Å². The number of para-hydroxylation sites is 1. The predicted molar refractivity (Wildman–Crippen MR) is 133 cm³/mol. The first-order valence-electron chi connectivity index (χ1n) is 11.9. The average Bonchev–Trinajstić information content (AvgIpc) is 3.39. The maximum atomic E-state index is 13.7. The van der Waals surface area contributed by atoms with Crippen molar-refractivity contribution in [1.82, 2.24) is 34.3 Å². The van der Waals surface area contributed by atoms with E-state index in [0.29, 0.717) is 18.7 Å². The van der Waals surface area contributed by atoms with Crippen molar-refractivity contribution in [1.29, 1.82) is 0 Å². The Balaban J connectivity index is 1.37. The van der Waals surface area contributed by atoms with Gasteiger partial charge in [-0.1, -0.05) is 18.2 Å². The van der Waals surface area contributed by atoms with Crippen LogP contribution in [0.3, 0.4) is 0 Å². The Morgan fingerprint density at radius 1 is 1.09 bits per heavy atom. The second kappa shape index (κ2) is 9.02. The molecular formula is C26H31N7O. The minimum Gasteiger partial charge on any atom is -0.336 e. The zero-order valence-corrected chi connectivity index (χ0v) is 20.3. The minimum absolute atomic E-state index is 0.0658. The monoisotopic (exact) mass is 457 g/mol. The van der Waals surface area contributed by atoms with Gasteiger partial charge in [0, 0.05) is 74.7 Å². The molecule has 3 aromatic heterocycles. The van der Waals surface area contributed by atoms with Crippen LogP contribution >= 0.6 is 0 Å². The van der Waals surface area contributed by atoms with E-state index in [0.717, 1.165) is 59.7 Å². The summed E-state index contributed by atoms with van der Waals surface area (Å²) in [6.45, 7) is 11.0. The molecule has 0 radical (unpaired) electrons. The van der Waals surface area contributed by atoms with Gasteiger partial charge in [0.25, 0.3) is 5.91 Å². The van der Waals surface area contributed by atoms with E-state index in [1.807, 2.05) is 64.8 Å². The average molecular weight is 458 g/mol. The molecule has 4 aromatic rings. The van der Waals surface area contributed by atoms with Gasteiger partial charge in [0.15, 0.2) is 0 Å². The highest BCUT2D eigenvalue weighted by atomic mass is 16.2. The van der Waals surface area contributed by atoms with Crippen LogP contribution in [0.15, 0.2) is 42.7 Å². The smallest absolute Gasteiger partial charge is 0.254 e. The number of aryl methyl sites for hydroxylation is 3. The molecule has 1 aliphatic heterocycles. The van der Waals surface area contributed by atoms with Crippen molar-refractivity contribution in [3.05, 3.63) is 65.2 Å². The lowest BCUT2D eigenvalue weighted by molar-refractivity contribution is 0.0630. The van der Waals surface area contributed by atoms with E-state index in [-0.39, 0.29) is 5.91 Å². The van der Waals surface area contributed by atoms with Crippen molar-refractivity contribution in [3.8, 4) is 11.3 Å². The zero-order chi connectivity index (χ0) is 23.8. The first-order valence-corrected chi connectivity index (χ1v) is 11.9. The van der Waals surface area contributed by atoms with Gasteiger partial charge in [0.05, 0.1) is 28.7 Å². The van der Waals surface area contributed by atoms with Crippen molar-refractivity contribution in [3.63, 3.8) is 0 Å². The molecule has 1 amide bonds. The van der Waals surface area contributed by atoms with Crippen molar-refractivity contribution in [2.75, 3.05) is 26.2 Å². The van der Waals surface area contributed by atoms with Crippen molar-refractivity contribution in [2.45, 2.75) is 33.9 Å². The van der Waals surface area contributed by atoms with Crippen LogP contribution in [-0.4, -0.2) is 66.4 Å². The number of benzene rings is 1. The van der Waals surface area contributed by atoms with E-state index in [4.69, 9.17) is 4.98 Å². The van der Waals surface area contributed by atoms with Gasteiger partial charge in [0.1, 0.15) is 0 Å². The van der Waals surface area contributed by atoms with Gasteiger partial charge in [-0.3, -0.25) is 19.1 Å². The van der Waals surface area contributed by atoms with Crippen molar-refractivity contribution in [2.24, 2.45) is 7.05 Å². The predicted octanol–water partition coefficient (Wildman–Crippen LogP) is 3.43. The molecule has 0 spiro atoms. The molecule has 1 fully saturated rings. The Kier molecular flexibility index (Phi) is 5.91. The Bertz CT molecular complexity index is 1340. The summed E-state index contributed by atoms with van der Waals surface area (Å²) in [5, 5.41) is 9.81. The molecule has 1 aromatic carbocycles. The van der Waals surface area contributed by atoms with E-state index in [2.05, 4.69) is 35.1 Å². The Morgan fingerprint density at radius 2 is 1.85 bits per heavy atom. The molecule has 1 aliphatic rings. The molecule has 1 saturated heterocycles. The molecule has 4 heterocycles. The molecule has 8 nitrogen and oxygen atoms in total. The highest BCUT2D eigenvalue weighted by molar-refractivity contribution is 6.07. The SMILES string of the molecule is CCn1cc(CN2CCN(C(=O)c3cc(-c4cnn(C)c4C)nc4ccccc34)CC2)c(C)n1. The van der Waals surface area contributed by atoms with Gasteiger partial charge in [-0.25, -0.2) is 4.98 Å². The molecule has 5 rings (SSSR count). The van der Waals surface area contributed by atoms with E-state index in [9.17, 15) is 4.79 Å². The number of hydrogen-bond acceptors (Lipinski definition) is 5. The maximum Gasteiger partial charge on any atom is 0.254 e. The number of carbonyl (C=O) groups excluding carboxylic acids is 1. The van der Waals surface area contributed by atoms with Crippen LogP contribution in [0.4, 0.5) is 0 Å². The van der Waals surface area contributed by atoms with E-state index >= 15 is 0 Å². The Morgan fingerprint density at radius 3 is 2.53 bits per heavy atom. The summed E-state index contributed by atoms with van der Waals surface area (Å²) >= 11 is 0. The molecule has 8 heteroatoms. The van der Waals surface area contributed by atoms with Gasteiger partial charge in [-0.2, -0.15) is 10.2 Å². The topological polar surface area (TPSA) is 72.1 Å². The lowest BCUT2D eigenvalue weighted by Crippen LogP contribution is -2.48. The molecule has 176 valence electrons. The number of pyridine rings is 1. The fourth-order valence-electron chi connectivity index (χ4n) is 4.64. The van der Waals surface area contributed by atoms with Gasteiger partial charge in [-0.15, -0.1) is 0 Å². The number of nitrogens with zero attached hydrogens (tertiary/aromatic N) is 7. The van der Waals surface area contributed by atoms with Crippen LogP contribution in [0.5, 0.6) is 0 Å². The Hall–Kier alpha value is -3.52. The third kappa shape index (κ3) is 4.09. The third-order valence-corrected chi connectivity index (χ3v) is 6.88. The van der Waals surface area contributed by atoms with Crippen LogP contribution in [0.25, 0.3) is 22.2 Å². The van der Waals surface area contributed by atoms with E-state index in [1.165, 1.54) is 5.56 Å². The summed E-state index contributed by atoms with van der Waals surface area (Å²) in [6, 6.07) is 9.82. The normalized spacial score (nSPS) is 14.8. The Labute approximate surface area is 199 Å². The molecule has 0 bridgehead atoms. The summed E-state index contributed by atoms with van der Waals surface area (Å²) < 4.78 is 3.82. The van der Waals surface area contributed by atoms with Crippen molar-refractivity contribution >= 4 is 16.8 Å².